The highest BCUT2D eigenvalue weighted by Gasteiger charge is 2.27. The molecule has 172 valence electrons. The SMILES string of the molecule is O=C1CCN(C(=O)C(=O)COC(=O)/C=C/C(=O)OCC(=O)C(=O)N2CCC(=O)CC2)CC1. The Morgan fingerprint density at radius 2 is 0.938 bits per heavy atom. The molecule has 0 bridgehead atoms. The summed E-state index contributed by atoms with van der Waals surface area (Å²) in [7, 11) is 0. The van der Waals surface area contributed by atoms with E-state index < -0.39 is 48.5 Å². The van der Waals surface area contributed by atoms with Crippen LogP contribution in [0.1, 0.15) is 25.7 Å². The van der Waals surface area contributed by atoms with E-state index in [1.807, 2.05) is 0 Å². The number of carbonyl (C=O) groups is 8. The van der Waals surface area contributed by atoms with Crippen molar-refractivity contribution in [2.24, 2.45) is 0 Å². The minimum atomic E-state index is -1.10. The monoisotopic (exact) mass is 450 g/mol. The lowest BCUT2D eigenvalue weighted by molar-refractivity contribution is -0.152. The molecule has 0 unspecified atom stereocenters. The summed E-state index contributed by atoms with van der Waals surface area (Å²) in [4.78, 5) is 95.3. The molecule has 2 aliphatic heterocycles. The maximum Gasteiger partial charge on any atom is 0.331 e. The molecule has 0 spiro atoms. The summed E-state index contributed by atoms with van der Waals surface area (Å²) in [6.07, 6.45) is 1.93. The molecule has 0 atom stereocenters. The molecule has 2 heterocycles. The summed E-state index contributed by atoms with van der Waals surface area (Å²) in [5.41, 5.74) is 0. The van der Waals surface area contributed by atoms with Crippen molar-refractivity contribution in [3.05, 3.63) is 12.2 Å². The number of ether oxygens (including phenoxy) is 2. The number of ketones is 4. The van der Waals surface area contributed by atoms with Crippen LogP contribution in [-0.2, 0) is 47.8 Å². The quantitative estimate of drug-likeness (QED) is 0.233. The van der Waals surface area contributed by atoms with Gasteiger partial charge in [0.25, 0.3) is 23.4 Å². The van der Waals surface area contributed by atoms with Crippen LogP contribution in [0.25, 0.3) is 0 Å². The zero-order valence-corrected chi connectivity index (χ0v) is 17.2. The second-order valence-electron chi connectivity index (χ2n) is 7.06. The summed E-state index contributed by atoms with van der Waals surface area (Å²) in [6.45, 7) is -1.18. The summed E-state index contributed by atoms with van der Waals surface area (Å²) < 4.78 is 9.17. The number of carbonyl (C=O) groups excluding carboxylic acids is 8. The summed E-state index contributed by atoms with van der Waals surface area (Å²) in [5.74, 6) is -5.89. The van der Waals surface area contributed by atoms with E-state index in [2.05, 4.69) is 9.47 Å². The predicted molar refractivity (Wildman–Crippen MR) is 103 cm³/mol. The molecule has 0 aromatic rings. The zero-order valence-electron chi connectivity index (χ0n) is 17.2. The summed E-state index contributed by atoms with van der Waals surface area (Å²) >= 11 is 0. The van der Waals surface area contributed by atoms with Crippen molar-refractivity contribution in [2.45, 2.75) is 25.7 Å². The van der Waals surface area contributed by atoms with Gasteiger partial charge >= 0.3 is 11.9 Å². The first-order valence-electron chi connectivity index (χ1n) is 9.86. The van der Waals surface area contributed by atoms with Gasteiger partial charge in [-0.2, -0.15) is 0 Å². The highest BCUT2D eigenvalue weighted by atomic mass is 16.5. The number of likely N-dealkylation sites (tertiary alicyclic amines) is 2. The molecule has 12 heteroatoms. The first-order valence-corrected chi connectivity index (χ1v) is 9.86. The van der Waals surface area contributed by atoms with Crippen molar-refractivity contribution in [3.8, 4) is 0 Å². The third-order valence-corrected chi connectivity index (χ3v) is 4.74. The largest absolute Gasteiger partial charge is 0.454 e. The third kappa shape index (κ3) is 7.52. The lowest BCUT2D eigenvalue weighted by atomic mass is 10.1. The molecule has 0 radical (unpaired) electrons. The minimum Gasteiger partial charge on any atom is -0.454 e. The van der Waals surface area contributed by atoms with Gasteiger partial charge in [0.2, 0.25) is 0 Å². The molecular formula is C20H22N2O10. The Labute approximate surface area is 182 Å². The predicted octanol–water partition coefficient (Wildman–Crippen LogP) is -1.85. The zero-order chi connectivity index (χ0) is 23.7. The standard InChI is InChI=1S/C20H22N2O10/c23-13-3-7-21(8-4-13)19(29)15(25)11-31-17(27)1-2-18(28)32-12-16(26)20(30)22-9-5-14(24)6-10-22/h1-2H,3-12H2/b2-1+. The van der Waals surface area contributed by atoms with Gasteiger partial charge < -0.3 is 19.3 Å². The number of hydrogen-bond acceptors (Lipinski definition) is 10. The Bertz CT molecular complexity index is 786. The fourth-order valence-electron chi connectivity index (χ4n) is 2.90. The molecule has 0 aromatic heterocycles. The Hall–Kier alpha value is -3.70. The molecule has 0 N–H and O–H groups in total. The topological polar surface area (TPSA) is 162 Å². The van der Waals surface area contributed by atoms with E-state index >= 15 is 0 Å². The second kappa shape index (κ2) is 11.6. The molecule has 0 saturated carbocycles. The van der Waals surface area contributed by atoms with Crippen molar-refractivity contribution < 1.29 is 47.8 Å². The Morgan fingerprint density at radius 3 is 1.25 bits per heavy atom. The molecule has 0 aliphatic carbocycles. The molecule has 0 aromatic carbocycles. The van der Waals surface area contributed by atoms with Crippen molar-refractivity contribution in [2.75, 3.05) is 39.4 Å². The van der Waals surface area contributed by atoms with Crippen LogP contribution in [0.3, 0.4) is 0 Å². The molecule has 32 heavy (non-hydrogen) atoms. The van der Waals surface area contributed by atoms with Crippen molar-refractivity contribution in [1.82, 2.24) is 9.80 Å². The van der Waals surface area contributed by atoms with E-state index in [0.717, 1.165) is 0 Å². The number of nitrogens with zero attached hydrogens (tertiary/aromatic N) is 2. The lowest BCUT2D eigenvalue weighted by Gasteiger charge is -2.25. The molecule has 2 amide bonds. The van der Waals surface area contributed by atoms with E-state index in [0.29, 0.717) is 12.2 Å². The summed E-state index contributed by atoms with van der Waals surface area (Å²) in [6, 6.07) is 0. The number of hydrogen-bond donors (Lipinski definition) is 0. The van der Waals surface area contributed by atoms with E-state index in [4.69, 9.17) is 0 Å². The van der Waals surface area contributed by atoms with E-state index in [1.54, 1.807) is 0 Å². The number of rotatable bonds is 8. The Balaban J connectivity index is 1.67. The maximum absolute atomic E-state index is 11.9. The fraction of sp³-hybridized carbons (Fsp3) is 0.500. The van der Waals surface area contributed by atoms with Gasteiger partial charge in [-0.25, -0.2) is 9.59 Å². The van der Waals surface area contributed by atoms with Gasteiger partial charge in [0.05, 0.1) is 0 Å². The van der Waals surface area contributed by atoms with Gasteiger partial charge in [0.15, 0.2) is 13.2 Å². The van der Waals surface area contributed by atoms with Gasteiger partial charge in [-0.05, 0) is 0 Å². The first-order chi connectivity index (χ1) is 15.2. The van der Waals surface area contributed by atoms with Crippen LogP contribution in [0.15, 0.2) is 12.2 Å². The van der Waals surface area contributed by atoms with E-state index in [-0.39, 0.29) is 63.4 Å². The average Bonchev–Trinajstić information content (AvgIpc) is 2.79. The Morgan fingerprint density at radius 1 is 0.625 bits per heavy atom. The van der Waals surface area contributed by atoms with Crippen molar-refractivity contribution >= 4 is 46.9 Å². The van der Waals surface area contributed by atoms with Gasteiger partial charge in [0.1, 0.15) is 11.6 Å². The van der Waals surface area contributed by atoms with Crippen LogP contribution < -0.4 is 0 Å². The van der Waals surface area contributed by atoms with Gasteiger partial charge in [-0.15, -0.1) is 0 Å². The number of Topliss-reactive ketones (excluding diaryl/α,β-unsaturated/α-hetero) is 4. The van der Waals surface area contributed by atoms with Crippen LogP contribution >= 0.6 is 0 Å². The minimum absolute atomic E-state index is 0.000926. The third-order valence-electron chi connectivity index (χ3n) is 4.74. The molecule has 2 aliphatic rings. The van der Waals surface area contributed by atoms with Crippen molar-refractivity contribution in [3.63, 3.8) is 0 Å². The summed E-state index contributed by atoms with van der Waals surface area (Å²) in [5, 5.41) is 0. The lowest BCUT2D eigenvalue weighted by Crippen LogP contribution is -2.43. The van der Waals surface area contributed by atoms with Crippen LogP contribution in [-0.4, -0.2) is 96.1 Å². The van der Waals surface area contributed by atoms with Gasteiger partial charge in [-0.1, -0.05) is 0 Å². The van der Waals surface area contributed by atoms with Gasteiger partial charge in [-0.3, -0.25) is 28.8 Å². The Kier molecular flexibility index (Phi) is 8.93. The van der Waals surface area contributed by atoms with Crippen LogP contribution in [0, 0.1) is 0 Å². The molecule has 2 fully saturated rings. The van der Waals surface area contributed by atoms with Crippen LogP contribution in [0.4, 0.5) is 0 Å². The van der Waals surface area contributed by atoms with Crippen LogP contribution in [0.5, 0.6) is 0 Å². The second-order valence-corrected chi connectivity index (χ2v) is 7.06. The molecular weight excluding hydrogens is 428 g/mol. The van der Waals surface area contributed by atoms with Crippen molar-refractivity contribution in [1.29, 1.82) is 0 Å². The maximum atomic E-state index is 11.9. The number of amides is 2. The fourth-order valence-corrected chi connectivity index (χ4v) is 2.90. The smallest absolute Gasteiger partial charge is 0.331 e. The van der Waals surface area contributed by atoms with E-state index in [1.165, 1.54) is 9.80 Å². The molecule has 12 nitrogen and oxygen atoms in total. The average molecular weight is 450 g/mol. The van der Waals surface area contributed by atoms with Crippen LogP contribution in [0.2, 0.25) is 0 Å². The molecule has 2 rings (SSSR count). The van der Waals surface area contributed by atoms with E-state index in [9.17, 15) is 38.4 Å². The number of piperidine rings is 2. The first kappa shape index (κ1) is 24.6. The highest BCUT2D eigenvalue weighted by molar-refractivity contribution is 6.37. The normalized spacial score (nSPS) is 16.6. The molecule has 2 saturated heterocycles. The van der Waals surface area contributed by atoms with Gasteiger partial charge in [0, 0.05) is 64.0 Å². The highest BCUT2D eigenvalue weighted by Crippen LogP contribution is 2.07. The number of esters is 2.